The van der Waals surface area contributed by atoms with E-state index in [0.717, 1.165) is 48.9 Å². The van der Waals surface area contributed by atoms with Gasteiger partial charge in [0.15, 0.2) is 0 Å². The fourth-order valence-corrected chi connectivity index (χ4v) is 3.60. The summed E-state index contributed by atoms with van der Waals surface area (Å²) in [5.41, 5.74) is 2.10. The Balaban J connectivity index is 0.00000210. The molecule has 1 saturated heterocycles. The van der Waals surface area contributed by atoms with Crippen LogP contribution in [0.2, 0.25) is 5.02 Å². The van der Waals surface area contributed by atoms with Gasteiger partial charge in [-0.15, -0.1) is 24.8 Å². The molecule has 1 atom stereocenters. The first-order valence-corrected chi connectivity index (χ1v) is 9.62. The molecule has 1 heterocycles. The molecule has 0 bridgehead atoms. The lowest BCUT2D eigenvalue weighted by Crippen LogP contribution is -2.49. The zero-order chi connectivity index (χ0) is 19.2. The highest BCUT2D eigenvalue weighted by Gasteiger charge is 2.21. The molecule has 0 saturated carbocycles. The van der Waals surface area contributed by atoms with Crippen molar-refractivity contribution < 1.29 is 14.6 Å². The fraction of sp³-hybridized carbons (Fsp3) is 0.429. The van der Waals surface area contributed by atoms with Crippen LogP contribution in [0, 0.1) is 6.92 Å². The summed E-state index contributed by atoms with van der Waals surface area (Å²) < 4.78 is 11.2. The molecule has 0 aliphatic carbocycles. The molecule has 1 aliphatic heterocycles. The van der Waals surface area contributed by atoms with Crippen molar-refractivity contribution in [1.82, 2.24) is 4.90 Å². The third kappa shape index (κ3) is 7.12. The molecule has 1 N–H and O–H groups in total. The number of β-amino-alcohol motifs (C(OH)–C–C–N with tert-alkyl or cyclic N) is 1. The van der Waals surface area contributed by atoms with Gasteiger partial charge in [0.2, 0.25) is 0 Å². The van der Waals surface area contributed by atoms with Gasteiger partial charge in [-0.25, -0.2) is 0 Å². The predicted octanol–water partition coefficient (Wildman–Crippen LogP) is 4.06. The number of rotatable bonds is 7. The molecule has 1 fully saturated rings. The summed E-state index contributed by atoms with van der Waals surface area (Å²) in [5.74, 6) is 1.66. The number of anilines is 1. The molecule has 0 spiro atoms. The summed E-state index contributed by atoms with van der Waals surface area (Å²) in [4.78, 5) is 4.60. The quantitative estimate of drug-likeness (QED) is 0.671. The van der Waals surface area contributed by atoms with E-state index >= 15 is 0 Å². The number of hydrogen-bond donors (Lipinski definition) is 1. The normalized spacial score (nSPS) is 15.1. The van der Waals surface area contributed by atoms with E-state index in [1.165, 1.54) is 0 Å². The van der Waals surface area contributed by atoms with Gasteiger partial charge in [-0.3, -0.25) is 4.90 Å². The molecule has 3 rings (SSSR count). The molecule has 1 unspecified atom stereocenters. The highest BCUT2D eigenvalue weighted by molar-refractivity contribution is 6.30. The summed E-state index contributed by atoms with van der Waals surface area (Å²) in [6, 6.07) is 13.6. The zero-order valence-corrected chi connectivity index (χ0v) is 19.1. The van der Waals surface area contributed by atoms with Crippen LogP contribution in [-0.4, -0.2) is 62.6 Å². The van der Waals surface area contributed by atoms with E-state index in [1.807, 2.05) is 37.3 Å². The number of halogens is 3. The van der Waals surface area contributed by atoms with Gasteiger partial charge in [0.05, 0.1) is 12.8 Å². The number of piperazine rings is 1. The minimum absolute atomic E-state index is 0. The Morgan fingerprint density at radius 2 is 1.72 bits per heavy atom. The molecule has 0 aromatic heterocycles. The van der Waals surface area contributed by atoms with Gasteiger partial charge >= 0.3 is 0 Å². The molecule has 0 amide bonds. The number of hydrogen-bond acceptors (Lipinski definition) is 5. The number of benzene rings is 2. The third-order valence-electron chi connectivity index (χ3n) is 4.84. The molecule has 162 valence electrons. The van der Waals surface area contributed by atoms with Gasteiger partial charge in [-0.05, 0) is 42.8 Å². The second-order valence-electron chi connectivity index (χ2n) is 6.83. The Bertz CT molecular complexity index is 756. The van der Waals surface area contributed by atoms with Gasteiger partial charge in [0.1, 0.15) is 24.2 Å². The van der Waals surface area contributed by atoms with E-state index in [0.29, 0.717) is 11.6 Å². The van der Waals surface area contributed by atoms with Crippen molar-refractivity contribution in [2.24, 2.45) is 0 Å². The van der Waals surface area contributed by atoms with Crippen LogP contribution in [0.4, 0.5) is 5.69 Å². The number of aliphatic hydroxyl groups is 1. The van der Waals surface area contributed by atoms with Crippen LogP contribution >= 0.6 is 36.4 Å². The Kier molecular flexibility index (Phi) is 10.9. The van der Waals surface area contributed by atoms with Gasteiger partial charge in [0.25, 0.3) is 0 Å². The fourth-order valence-electron chi connectivity index (χ4n) is 3.37. The average molecular weight is 464 g/mol. The first-order chi connectivity index (χ1) is 13.1. The third-order valence-corrected chi connectivity index (χ3v) is 5.07. The van der Waals surface area contributed by atoms with Crippen molar-refractivity contribution in [1.29, 1.82) is 0 Å². The van der Waals surface area contributed by atoms with Crippen LogP contribution in [0.5, 0.6) is 11.5 Å². The molecule has 1 aliphatic rings. The molecule has 0 radical (unpaired) electrons. The largest absolute Gasteiger partial charge is 0.495 e. The first kappa shape index (κ1) is 25.7. The van der Waals surface area contributed by atoms with E-state index in [9.17, 15) is 5.11 Å². The smallest absolute Gasteiger partial charge is 0.142 e. The Morgan fingerprint density at radius 3 is 2.38 bits per heavy atom. The van der Waals surface area contributed by atoms with Gasteiger partial charge < -0.3 is 19.5 Å². The topological polar surface area (TPSA) is 45.2 Å². The molecular weight excluding hydrogens is 435 g/mol. The lowest BCUT2D eigenvalue weighted by atomic mass is 10.2. The van der Waals surface area contributed by atoms with E-state index in [-0.39, 0.29) is 31.4 Å². The maximum absolute atomic E-state index is 10.3. The molecular formula is C21H29Cl3N2O3. The minimum atomic E-state index is -0.530. The van der Waals surface area contributed by atoms with Crippen LogP contribution in [0.1, 0.15) is 5.56 Å². The van der Waals surface area contributed by atoms with Crippen molar-refractivity contribution in [2.45, 2.75) is 13.0 Å². The Morgan fingerprint density at radius 1 is 1.03 bits per heavy atom. The maximum Gasteiger partial charge on any atom is 0.142 e. The molecule has 29 heavy (non-hydrogen) atoms. The summed E-state index contributed by atoms with van der Waals surface area (Å²) >= 11 is 5.96. The predicted molar refractivity (Wildman–Crippen MR) is 124 cm³/mol. The second kappa shape index (κ2) is 12.4. The van der Waals surface area contributed by atoms with Crippen molar-refractivity contribution in [3.8, 4) is 11.5 Å². The zero-order valence-electron chi connectivity index (χ0n) is 16.7. The molecule has 8 heteroatoms. The minimum Gasteiger partial charge on any atom is -0.495 e. The van der Waals surface area contributed by atoms with Crippen LogP contribution in [-0.2, 0) is 0 Å². The summed E-state index contributed by atoms with van der Waals surface area (Å²) in [6.45, 7) is 6.44. The van der Waals surface area contributed by atoms with E-state index in [1.54, 1.807) is 13.2 Å². The van der Waals surface area contributed by atoms with Crippen LogP contribution in [0.15, 0.2) is 42.5 Å². The summed E-state index contributed by atoms with van der Waals surface area (Å²) in [5, 5.41) is 11.0. The highest BCUT2D eigenvalue weighted by Crippen LogP contribution is 2.28. The number of aryl methyl sites for hydroxylation is 1. The molecule has 2 aromatic rings. The monoisotopic (exact) mass is 462 g/mol. The van der Waals surface area contributed by atoms with Crippen molar-refractivity contribution >= 4 is 42.1 Å². The Hall–Kier alpha value is -1.37. The average Bonchev–Trinajstić information content (AvgIpc) is 2.68. The molecule has 2 aromatic carbocycles. The maximum atomic E-state index is 10.3. The molecule has 5 nitrogen and oxygen atoms in total. The second-order valence-corrected chi connectivity index (χ2v) is 7.27. The first-order valence-electron chi connectivity index (χ1n) is 9.24. The standard InChI is InChI=1S/C21H27ClN2O3.2ClH/c1-16-13-17(22)7-8-20(16)27-15-18(25)14-23-9-11-24(12-10-23)19-5-3-4-6-21(19)26-2;;/h3-8,13,18,25H,9-12,14-15H2,1-2H3;2*1H. The van der Waals surface area contributed by atoms with E-state index in [4.69, 9.17) is 21.1 Å². The van der Waals surface area contributed by atoms with Crippen molar-refractivity contribution in [3.63, 3.8) is 0 Å². The van der Waals surface area contributed by atoms with Gasteiger partial charge in [0, 0.05) is 37.7 Å². The van der Waals surface area contributed by atoms with E-state index in [2.05, 4.69) is 15.9 Å². The Labute approximate surface area is 190 Å². The van der Waals surface area contributed by atoms with Crippen molar-refractivity contribution in [3.05, 3.63) is 53.1 Å². The number of methoxy groups -OCH3 is 1. The van der Waals surface area contributed by atoms with Gasteiger partial charge in [-0.2, -0.15) is 0 Å². The number of para-hydroxylation sites is 2. The highest BCUT2D eigenvalue weighted by atomic mass is 35.5. The van der Waals surface area contributed by atoms with Crippen molar-refractivity contribution in [2.75, 3.05) is 51.3 Å². The van der Waals surface area contributed by atoms with Crippen LogP contribution < -0.4 is 14.4 Å². The van der Waals surface area contributed by atoms with Gasteiger partial charge in [-0.1, -0.05) is 23.7 Å². The number of aliphatic hydroxyl groups excluding tert-OH is 1. The lowest BCUT2D eigenvalue weighted by molar-refractivity contribution is 0.0660. The van der Waals surface area contributed by atoms with E-state index < -0.39 is 6.10 Å². The summed E-state index contributed by atoms with van der Waals surface area (Å²) in [7, 11) is 1.70. The van der Waals surface area contributed by atoms with Crippen LogP contribution in [0.3, 0.4) is 0 Å². The summed E-state index contributed by atoms with van der Waals surface area (Å²) in [6.07, 6.45) is -0.530. The number of nitrogens with zero attached hydrogens (tertiary/aromatic N) is 2. The lowest BCUT2D eigenvalue weighted by Gasteiger charge is -2.37. The number of ether oxygens (including phenoxy) is 2. The SMILES string of the molecule is COc1ccccc1N1CCN(CC(O)COc2ccc(Cl)cc2C)CC1.Cl.Cl. The van der Waals surface area contributed by atoms with Crippen LogP contribution in [0.25, 0.3) is 0 Å².